The summed E-state index contributed by atoms with van der Waals surface area (Å²) in [6.45, 7) is 7.82. The molecule has 42 heavy (non-hydrogen) atoms. The minimum atomic E-state index is -1.31. The second kappa shape index (κ2) is 12.4. The van der Waals surface area contributed by atoms with E-state index in [1.807, 2.05) is 0 Å². The topological polar surface area (TPSA) is 108 Å². The molecule has 0 bridgehead atoms. The first-order chi connectivity index (χ1) is 19.7. The number of carbonyl (C=O) groups is 2. The number of hydrogen-bond acceptors (Lipinski definition) is 5. The average molecular weight is 583 g/mol. The van der Waals surface area contributed by atoms with E-state index >= 15 is 4.39 Å². The number of aliphatic hydroxyl groups is 1. The predicted octanol–water partition coefficient (Wildman–Crippen LogP) is 7.32. The van der Waals surface area contributed by atoms with Crippen molar-refractivity contribution in [2.75, 3.05) is 18.4 Å². The lowest BCUT2D eigenvalue weighted by Gasteiger charge is -2.39. The first kappa shape index (κ1) is 30.8. The molecule has 1 heterocycles. The number of carbonyl (C=O) groups excluding carboxylic acids is 1. The summed E-state index contributed by atoms with van der Waals surface area (Å²) in [6.07, 6.45) is 1.60. The van der Waals surface area contributed by atoms with Crippen molar-refractivity contribution in [2.24, 2.45) is 5.92 Å². The summed E-state index contributed by atoms with van der Waals surface area (Å²) in [5.74, 6) is -1.40. The molecule has 224 valence electrons. The molecule has 0 unspecified atom stereocenters. The van der Waals surface area contributed by atoms with Gasteiger partial charge in [-0.3, -0.25) is 4.79 Å². The monoisotopic (exact) mass is 582 g/mol. The second-order valence-corrected chi connectivity index (χ2v) is 11.7. The van der Waals surface area contributed by atoms with Gasteiger partial charge in [0.15, 0.2) is 11.6 Å². The van der Waals surface area contributed by atoms with Gasteiger partial charge in [-0.05, 0) is 81.0 Å². The Morgan fingerprint density at radius 2 is 1.57 bits per heavy atom. The van der Waals surface area contributed by atoms with Crippen LogP contribution < -0.4 is 14.8 Å². The molecular formula is C32H36F2N2O6. The van der Waals surface area contributed by atoms with E-state index in [9.17, 15) is 24.2 Å². The Morgan fingerprint density at radius 1 is 0.952 bits per heavy atom. The van der Waals surface area contributed by atoms with Crippen LogP contribution in [-0.2, 0) is 10.2 Å². The number of carboxylic acids is 1. The van der Waals surface area contributed by atoms with Crippen molar-refractivity contribution < 1.29 is 38.1 Å². The SMILES string of the molecule is CC(C)CC1(O)CCN(C(=O)Nc2cc(Oc3ccc(F)cc3)cc(Oc3ccc(C(C)(C)C(=O)O)cc3F)c2)CC1. The molecule has 1 saturated heterocycles. The summed E-state index contributed by atoms with van der Waals surface area (Å²) < 4.78 is 40.1. The summed E-state index contributed by atoms with van der Waals surface area (Å²) in [5, 5.41) is 23.1. The lowest BCUT2D eigenvalue weighted by atomic mass is 9.84. The molecule has 3 aromatic carbocycles. The minimum Gasteiger partial charge on any atom is -0.481 e. The molecule has 1 fully saturated rings. The summed E-state index contributed by atoms with van der Waals surface area (Å²) >= 11 is 0. The van der Waals surface area contributed by atoms with Crippen molar-refractivity contribution in [3.8, 4) is 23.0 Å². The largest absolute Gasteiger partial charge is 0.481 e. The van der Waals surface area contributed by atoms with Crippen LogP contribution in [0.3, 0.4) is 0 Å². The standard InChI is InChI=1S/C32H36F2N2O6/c1-20(2)19-32(40)11-13-36(14-12-32)30(39)35-23-16-25(41-24-8-6-22(33)7-9-24)18-26(17-23)42-28-10-5-21(15-27(28)34)31(3,4)29(37)38/h5-10,15-18,20,40H,11-14,19H2,1-4H3,(H,35,39)(H,37,38). The van der Waals surface area contributed by atoms with E-state index in [1.165, 1.54) is 62.4 Å². The highest BCUT2D eigenvalue weighted by atomic mass is 19.1. The fourth-order valence-electron chi connectivity index (χ4n) is 4.92. The lowest BCUT2D eigenvalue weighted by molar-refractivity contribution is -0.142. The van der Waals surface area contributed by atoms with Gasteiger partial charge < -0.3 is 29.9 Å². The van der Waals surface area contributed by atoms with E-state index in [2.05, 4.69) is 19.2 Å². The van der Waals surface area contributed by atoms with Crippen LogP contribution in [0.2, 0.25) is 0 Å². The van der Waals surface area contributed by atoms with E-state index in [1.54, 1.807) is 11.0 Å². The van der Waals surface area contributed by atoms with Crippen LogP contribution >= 0.6 is 0 Å². The van der Waals surface area contributed by atoms with Gasteiger partial charge in [0.1, 0.15) is 23.1 Å². The normalized spacial score (nSPS) is 14.9. The molecule has 0 aliphatic carbocycles. The molecular weight excluding hydrogens is 546 g/mol. The molecule has 1 aliphatic rings. The number of benzene rings is 3. The fraction of sp³-hybridized carbons (Fsp3) is 0.375. The lowest BCUT2D eigenvalue weighted by Crippen LogP contribution is -2.48. The number of rotatable bonds is 9. The van der Waals surface area contributed by atoms with Gasteiger partial charge >= 0.3 is 12.0 Å². The zero-order valence-corrected chi connectivity index (χ0v) is 24.1. The molecule has 0 saturated carbocycles. The first-order valence-electron chi connectivity index (χ1n) is 13.8. The Labute approximate surface area is 243 Å². The average Bonchev–Trinajstić information content (AvgIpc) is 2.90. The number of anilines is 1. The van der Waals surface area contributed by atoms with E-state index in [-0.39, 0.29) is 28.8 Å². The molecule has 3 N–H and O–H groups in total. The van der Waals surface area contributed by atoms with Crippen LogP contribution in [0.25, 0.3) is 0 Å². The van der Waals surface area contributed by atoms with Crippen LogP contribution in [0.1, 0.15) is 52.5 Å². The Balaban J connectivity index is 1.56. The zero-order chi connectivity index (χ0) is 30.7. The van der Waals surface area contributed by atoms with Gasteiger partial charge in [-0.2, -0.15) is 0 Å². The molecule has 1 aliphatic heterocycles. The number of likely N-dealkylation sites (tertiary alicyclic amines) is 1. The molecule has 0 spiro atoms. The van der Waals surface area contributed by atoms with Gasteiger partial charge in [-0.15, -0.1) is 0 Å². The Kier molecular flexibility index (Phi) is 9.06. The number of nitrogens with one attached hydrogen (secondary N) is 1. The van der Waals surface area contributed by atoms with Crippen molar-refractivity contribution in [1.29, 1.82) is 0 Å². The van der Waals surface area contributed by atoms with Gasteiger partial charge in [-0.25, -0.2) is 13.6 Å². The van der Waals surface area contributed by atoms with E-state index in [4.69, 9.17) is 9.47 Å². The summed E-state index contributed by atoms with van der Waals surface area (Å²) in [4.78, 5) is 26.3. The van der Waals surface area contributed by atoms with Crippen molar-refractivity contribution in [3.05, 3.63) is 77.9 Å². The third-order valence-electron chi connectivity index (χ3n) is 7.37. The maximum Gasteiger partial charge on any atom is 0.321 e. The van der Waals surface area contributed by atoms with Gasteiger partial charge in [0, 0.05) is 37.0 Å². The quantitative estimate of drug-likeness (QED) is 0.244. The second-order valence-electron chi connectivity index (χ2n) is 11.7. The number of aliphatic carboxylic acids is 1. The van der Waals surface area contributed by atoms with Crippen LogP contribution in [-0.4, -0.2) is 45.8 Å². The smallest absolute Gasteiger partial charge is 0.321 e. The van der Waals surface area contributed by atoms with Crippen LogP contribution in [0.15, 0.2) is 60.7 Å². The number of halogens is 2. The zero-order valence-electron chi connectivity index (χ0n) is 24.1. The third-order valence-corrected chi connectivity index (χ3v) is 7.37. The highest BCUT2D eigenvalue weighted by molar-refractivity contribution is 5.90. The number of ether oxygens (including phenoxy) is 2. The fourth-order valence-corrected chi connectivity index (χ4v) is 4.92. The van der Waals surface area contributed by atoms with Crippen LogP contribution in [0, 0.1) is 17.6 Å². The van der Waals surface area contributed by atoms with Crippen LogP contribution in [0.4, 0.5) is 19.3 Å². The highest BCUT2D eigenvalue weighted by Gasteiger charge is 2.34. The maximum atomic E-state index is 15.0. The molecule has 2 amide bonds. The van der Waals surface area contributed by atoms with E-state index < -0.39 is 28.6 Å². The summed E-state index contributed by atoms with van der Waals surface area (Å²) in [5.41, 5.74) is -1.53. The maximum absolute atomic E-state index is 15.0. The van der Waals surface area contributed by atoms with Gasteiger partial charge in [0.2, 0.25) is 0 Å². The molecule has 4 rings (SSSR count). The Hall–Kier alpha value is -4.18. The summed E-state index contributed by atoms with van der Waals surface area (Å²) in [7, 11) is 0. The van der Waals surface area contributed by atoms with Crippen molar-refractivity contribution in [1.82, 2.24) is 4.90 Å². The Bertz CT molecular complexity index is 1430. The third kappa shape index (κ3) is 7.55. The van der Waals surface area contributed by atoms with E-state index in [0.29, 0.717) is 49.7 Å². The highest BCUT2D eigenvalue weighted by Crippen LogP contribution is 2.35. The van der Waals surface area contributed by atoms with Crippen molar-refractivity contribution in [2.45, 2.75) is 58.0 Å². The van der Waals surface area contributed by atoms with E-state index in [0.717, 1.165) is 6.07 Å². The van der Waals surface area contributed by atoms with Crippen LogP contribution in [0.5, 0.6) is 23.0 Å². The predicted molar refractivity (Wildman–Crippen MR) is 154 cm³/mol. The first-order valence-corrected chi connectivity index (χ1v) is 13.8. The minimum absolute atomic E-state index is 0.138. The van der Waals surface area contributed by atoms with Gasteiger partial charge in [0.05, 0.1) is 11.0 Å². The summed E-state index contributed by atoms with van der Waals surface area (Å²) in [6, 6.07) is 13.5. The molecule has 0 atom stereocenters. The molecule has 10 heteroatoms. The Morgan fingerprint density at radius 3 is 2.14 bits per heavy atom. The molecule has 0 aromatic heterocycles. The van der Waals surface area contributed by atoms with Crippen molar-refractivity contribution in [3.63, 3.8) is 0 Å². The number of amides is 2. The molecule has 8 nitrogen and oxygen atoms in total. The molecule has 0 radical (unpaired) electrons. The van der Waals surface area contributed by atoms with Gasteiger partial charge in [-0.1, -0.05) is 19.9 Å². The number of urea groups is 1. The van der Waals surface area contributed by atoms with Crippen molar-refractivity contribution >= 4 is 17.7 Å². The molecule has 3 aromatic rings. The van der Waals surface area contributed by atoms with Gasteiger partial charge in [0.25, 0.3) is 0 Å². The number of nitrogens with zero attached hydrogens (tertiary/aromatic N) is 1. The number of piperidine rings is 1. The number of carboxylic acid groups (broad SMARTS) is 1. The number of hydrogen-bond donors (Lipinski definition) is 3.